The fourth-order valence-corrected chi connectivity index (χ4v) is 1.69. The van der Waals surface area contributed by atoms with Gasteiger partial charge in [-0.05, 0) is 12.1 Å². The van der Waals surface area contributed by atoms with Crippen LogP contribution in [0.1, 0.15) is 0 Å². The van der Waals surface area contributed by atoms with Crippen LogP contribution in [0.3, 0.4) is 0 Å². The number of carbonyl (C=O) groups is 1. The molecule has 0 saturated carbocycles. The van der Waals surface area contributed by atoms with Gasteiger partial charge in [0, 0.05) is 18.1 Å². The summed E-state index contributed by atoms with van der Waals surface area (Å²) >= 11 is 1.21. The molecule has 4 N–H and O–H groups in total. The van der Waals surface area contributed by atoms with Crippen LogP contribution in [0.4, 0.5) is 11.6 Å². The van der Waals surface area contributed by atoms with Crippen molar-refractivity contribution in [3.63, 3.8) is 0 Å². The number of hydrogen-bond donors (Lipinski definition) is 3. The summed E-state index contributed by atoms with van der Waals surface area (Å²) in [5, 5.41) is 9.48. The molecule has 2 aromatic heterocycles. The fourth-order valence-electron chi connectivity index (χ4n) is 1.09. The van der Waals surface area contributed by atoms with Crippen molar-refractivity contribution in [3.8, 4) is 0 Å². The molecule has 7 nitrogen and oxygen atoms in total. The number of aromatic nitrogens is 4. The Balaban J connectivity index is 1.82. The minimum Gasteiger partial charge on any atom is -0.368 e. The van der Waals surface area contributed by atoms with Crippen LogP contribution in [-0.4, -0.2) is 31.8 Å². The van der Waals surface area contributed by atoms with Crippen molar-refractivity contribution in [2.24, 2.45) is 0 Å². The Bertz CT molecular complexity index is 499. The van der Waals surface area contributed by atoms with E-state index in [4.69, 9.17) is 5.73 Å². The van der Waals surface area contributed by atoms with Crippen LogP contribution in [-0.2, 0) is 4.79 Å². The molecule has 88 valence electrons. The normalized spacial score (nSPS) is 10.1. The molecule has 1 amide bonds. The molecule has 0 spiro atoms. The molecule has 2 aromatic rings. The number of nitrogens with two attached hydrogens (primary N) is 1. The van der Waals surface area contributed by atoms with Crippen molar-refractivity contribution < 1.29 is 4.79 Å². The average Bonchev–Trinajstić information content (AvgIpc) is 2.74. The molecule has 8 heteroatoms. The van der Waals surface area contributed by atoms with Crippen molar-refractivity contribution in [2.45, 2.75) is 5.16 Å². The number of pyridine rings is 1. The van der Waals surface area contributed by atoms with Gasteiger partial charge in [-0.2, -0.15) is 4.98 Å². The van der Waals surface area contributed by atoms with Gasteiger partial charge in [0.25, 0.3) is 0 Å². The van der Waals surface area contributed by atoms with Gasteiger partial charge in [-0.3, -0.25) is 9.78 Å². The van der Waals surface area contributed by atoms with Crippen LogP contribution >= 0.6 is 11.8 Å². The lowest BCUT2D eigenvalue weighted by atomic mass is 10.4. The molecule has 0 atom stereocenters. The second-order valence-electron chi connectivity index (χ2n) is 3.08. The second kappa shape index (κ2) is 5.30. The third-order valence-corrected chi connectivity index (χ3v) is 2.63. The zero-order valence-electron chi connectivity index (χ0n) is 8.75. The summed E-state index contributed by atoms with van der Waals surface area (Å²) < 4.78 is 0. The molecular formula is C9H10N6OS. The number of amides is 1. The number of nitrogen functional groups attached to an aromatic ring is 1. The first-order chi connectivity index (χ1) is 8.24. The summed E-state index contributed by atoms with van der Waals surface area (Å²) in [6, 6.07) is 3.43. The van der Waals surface area contributed by atoms with Crippen LogP contribution in [0.25, 0.3) is 0 Å². The van der Waals surface area contributed by atoms with Crippen molar-refractivity contribution in [1.82, 2.24) is 20.2 Å². The third kappa shape index (κ3) is 3.45. The van der Waals surface area contributed by atoms with Gasteiger partial charge in [0.15, 0.2) is 0 Å². The molecule has 0 aliphatic carbocycles. The molecule has 0 aliphatic rings. The van der Waals surface area contributed by atoms with E-state index in [1.807, 2.05) is 0 Å². The van der Waals surface area contributed by atoms with Gasteiger partial charge in [-0.1, -0.05) is 11.8 Å². The van der Waals surface area contributed by atoms with E-state index in [1.54, 1.807) is 24.5 Å². The largest absolute Gasteiger partial charge is 0.368 e. The van der Waals surface area contributed by atoms with Crippen LogP contribution in [0.5, 0.6) is 0 Å². The van der Waals surface area contributed by atoms with Crippen LogP contribution < -0.4 is 11.1 Å². The average molecular weight is 250 g/mol. The van der Waals surface area contributed by atoms with E-state index in [-0.39, 0.29) is 17.6 Å². The number of rotatable bonds is 4. The number of carbonyl (C=O) groups excluding carboxylic acids is 1. The quantitative estimate of drug-likeness (QED) is 0.682. The zero-order chi connectivity index (χ0) is 12.1. The van der Waals surface area contributed by atoms with Crippen molar-refractivity contribution in [3.05, 3.63) is 24.5 Å². The van der Waals surface area contributed by atoms with Gasteiger partial charge < -0.3 is 11.1 Å². The van der Waals surface area contributed by atoms with Crippen LogP contribution in [0, 0.1) is 0 Å². The molecule has 2 rings (SSSR count). The van der Waals surface area contributed by atoms with E-state index in [1.165, 1.54) is 11.8 Å². The Morgan fingerprint density at radius 1 is 1.47 bits per heavy atom. The summed E-state index contributed by atoms with van der Waals surface area (Å²) in [6.07, 6.45) is 3.22. The maximum Gasteiger partial charge on any atom is 0.234 e. The number of nitrogens with one attached hydrogen (secondary N) is 2. The molecule has 0 radical (unpaired) electrons. The lowest BCUT2D eigenvalue weighted by molar-refractivity contribution is -0.113. The number of aromatic amines is 1. The smallest absolute Gasteiger partial charge is 0.234 e. The minimum atomic E-state index is -0.135. The number of thioether (sulfide) groups is 1. The van der Waals surface area contributed by atoms with Crippen LogP contribution in [0.15, 0.2) is 29.7 Å². The molecule has 17 heavy (non-hydrogen) atoms. The fraction of sp³-hybridized carbons (Fsp3) is 0.111. The summed E-state index contributed by atoms with van der Waals surface area (Å²) in [6.45, 7) is 0. The van der Waals surface area contributed by atoms with E-state index in [0.717, 1.165) is 0 Å². The second-order valence-corrected chi connectivity index (χ2v) is 4.02. The van der Waals surface area contributed by atoms with Gasteiger partial charge in [0.2, 0.25) is 17.0 Å². The Labute approximate surface area is 101 Å². The number of H-pyrrole nitrogens is 1. The standard InChI is InChI=1S/C9H10N6OS/c10-8-13-9(15-14-8)17-5-7(16)12-6-1-3-11-4-2-6/h1-4H,5H2,(H,11,12,16)(H3,10,13,14,15). The highest BCUT2D eigenvalue weighted by Gasteiger charge is 2.06. The number of anilines is 2. The maximum atomic E-state index is 11.5. The molecule has 0 fully saturated rings. The lowest BCUT2D eigenvalue weighted by Crippen LogP contribution is -2.14. The van der Waals surface area contributed by atoms with Crippen molar-refractivity contribution in [1.29, 1.82) is 0 Å². The summed E-state index contributed by atoms with van der Waals surface area (Å²) in [7, 11) is 0. The maximum absolute atomic E-state index is 11.5. The molecule has 0 unspecified atom stereocenters. The zero-order valence-corrected chi connectivity index (χ0v) is 9.57. The van der Waals surface area contributed by atoms with E-state index in [9.17, 15) is 4.79 Å². The van der Waals surface area contributed by atoms with Gasteiger partial charge in [0.1, 0.15) is 0 Å². The Hall–Kier alpha value is -2.09. The first kappa shape index (κ1) is 11.4. The minimum absolute atomic E-state index is 0.135. The lowest BCUT2D eigenvalue weighted by Gasteiger charge is -2.02. The summed E-state index contributed by atoms with van der Waals surface area (Å²) in [4.78, 5) is 19.3. The molecule has 0 aliphatic heterocycles. The SMILES string of the molecule is Nc1nc(SCC(=O)Nc2ccncc2)n[nH]1. The Morgan fingerprint density at radius 2 is 2.24 bits per heavy atom. The van der Waals surface area contributed by atoms with Gasteiger partial charge in [-0.15, -0.1) is 5.10 Å². The highest BCUT2D eigenvalue weighted by molar-refractivity contribution is 7.99. The highest BCUT2D eigenvalue weighted by Crippen LogP contribution is 2.13. The van der Waals surface area contributed by atoms with E-state index in [2.05, 4.69) is 25.5 Å². The first-order valence-corrected chi connectivity index (χ1v) is 5.73. The number of nitrogens with zero attached hydrogens (tertiary/aromatic N) is 3. The molecule has 0 bridgehead atoms. The van der Waals surface area contributed by atoms with Crippen LogP contribution in [0.2, 0.25) is 0 Å². The highest BCUT2D eigenvalue weighted by atomic mass is 32.2. The van der Waals surface area contributed by atoms with Gasteiger partial charge in [-0.25, -0.2) is 5.10 Å². The van der Waals surface area contributed by atoms with E-state index < -0.39 is 0 Å². The van der Waals surface area contributed by atoms with Crippen molar-refractivity contribution in [2.75, 3.05) is 16.8 Å². The van der Waals surface area contributed by atoms with Gasteiger partial charge >= 0.3 is 0 Å². The Morgan fingerprint density at radius 3 is 2.88 bits per heavy atom. The predicted octanol–water partition coefficient (Wildman–Crippen LogP) is 0.513. The topological polar surface area (TPSA) is 110 Å². The van der Waals surface area contributed by atoms with Crippen molar-refractivity contribution >= 4 is 29.3 Å². The monoisotopic (exact) mass is 250 g/mol. The molecule has 0 saturated heterocycles. The molecular weight excluding hydrogens is 240 g/mol. The summed E-state index contributed by atoms with van der Waals surface area (Å²) in [5.74, 6) is 0.325. The van der Waals surface area contributed by atoms with E-state index in [0.29, 0.717) is 10.8 Å². The first-order valence-electron chi connectivity index (χ1n) is 4.74. The number of hydrogen-bond acceptors (Lipinski definition) is 6. The predicted molar refractivity (Wildman–Crippen MR) is 64.4 cm³/mol. The van der Waals surface area contributed by atoms with Gasteiger partial charge in [0.05, 0.1) is 5.75 Å². The summed E-state index contributed by atoms with van der Waals surface area (Å²) in [5.41, 5.74) is 6.07. The van der Waals surface area contributed by atoms with E-state index >= 15 is 0 Å². The molecule has 2 heterocycles. The molecule has 0 aromatic carbocycles. The Kier molecular flexibility index (Phi) is 3.55. The third-order valence-electron chi connectivity index (χ3n) is 1.78.